The average Bonchev–Trinajstić information content (AvgIpc) is 2.26. The predicted octanol–water partition coefficient (Wildman–Crippen LogP) is 2.71. The average molecular weight is 213 g/mol. The van der Waals surface area contributed by atoms with Crippen molar-refractivity contribution >= 4 is 0 Å². The zero-order valence-corrected chi connectivity index (χ0v) is 10.3. The normalized spacial score (nSPS) is 29.0. The van der Waals surface area contributed by atoms with Crippen molar-refractivity contribution in [2.45, 2.75) is 70.9 Å². The van der Waals surface area contributed by atoms with Gasteiger partial charge in [0, 0.05) is 6.04 Å². The predicted molar refractivity (Wildman–Crippen MR) is 65.0 cm³/mol. The van der Waals surface area contributed by atoms with Gasteiger partial charge < -0.3 is 10.4 Å². The van der Waals surface area contributed by atoms with Gasteiger partial charge in [-0.05, 0) is 44.6 Å². The van der Waals surface area contributed by atoms with E-state index in [2.05, 4.69) is 12.2 Å². The minimum absolute atomic E-state index is 0.0874. The van der Waals surface area contributed by atoms with E-state index in [1.807, 2.05) is 6.92 Å². The quantitative estimate of drug-likeness (QED) is 0.665. The third kappa shape index (κ3) is 4.98. The van der Waals surface area contributed by atoms with Crippen molar-refractivity contribution in [1.29, 1.82) is 0 Å². The zero-order valence-electron chi connectivity index (χ0n) is 10.3. The van der Waals surface area contributed by atoms with Crippen LogP contribution in [-0.2, 0) is 0 Å². The number of hydrogen-bond donors (Lipinski definition) is 2. The lowest BCUT2D eigenvalue weighted by Crippen LogP contribution is -2.37. The summed E-state index contributed by atoms with van der Waals surface area (Å²) in [7, 11) is 0. The van der Waals surface area contributed by atoms with Crippen LogP contribution in [0.5, 0.6) is 0 Å². The van der Waals surface area contributed by atoms with Crippen LogP contribution in [-0.4, -0.2) is 23.8 Å². The van der Waals surface area contributed by atoms with Crippen molar-refractivity contribution in [2.75, 3.05) is 6.54 Å². The third-order valence-corrected chi connectivity index (χ3v) is 3.70. The van der Waals surface area contributed by atoms with E-state index in [1.54, 1.807) is 0 Å². The second-order valence-electron chi connectivity index (χ2n) is 5.03. The standard InChI is InChI=1S/C13H27NO/c1-3-12(15)8-6-10-14-13-9-5-4-7-11(13)2/h11-15H,3-10H2,1-2H3. The van der Waals surface area contributed by atoms with Crippen LogP contribution in [0.2, 0.25) is 0 Å². The lowest BCUT2D eigenvalue weighted by Gasteiger charge is -2.29. The van der Waals surface area contributed by atoms with Crippen LogP contribution in [0, 0.1) is 5.92 Å². The first kappa shape index (κ1) is 13.0. The molecule has 3 atom stereocenters. The molecule has 2 N–H and O–H groups in total. The fourth-order valence-corrected chi connectivity index (χ4v) is 2.45. The molecular formula is C13H27NO. The van der Waals surface area contributed by atoms with Gasteiger partial charge >= 0.3 is 0 Å². The van der Waals surface area contributed by atoms with E-state index < -0.39 is 0 Å². The molecule has 0 amide bonds. The van der Waals surface area contributed by atoms with E-state index in [1.165, 1.54) is 25.7 Å². The van der Waals surface area contributed by atoms with E-state index in [4.69, 9.17) is 0 Å². The summed E-state index contributed by atoms with van der Waals surface area (Å²) in [6.45, 7) is 5.48. The highest BCUT2D eigenvalue weighted by Gasteiger charge is 2.19. The Labute approximate surface area is 94.5 Å². The first-order valence-electron chi connectivity index (χ1n) is 6.65. The lowest BCUT2D eigenvalue weighted by molar-refractivity contribution is 0.156. The molecule has 3 unspecified atom stereocenters. The van der Waals surface area contributed by atoms with Gasteiger partial charge in [-0.15, -0.1) is 0 Å². The maximum absolute atomic E-state index is 9.42. The SMILES string of the molecule is CCC(O)CCCNC1CCCCC1C. The fraction of sp³-hybridized carbons (Fsp3) is 1.00. The largest absolute Gasteiger partial charge is 0.393 e. The van der Waals surface area contributed by atoms with Crippen molar-refractivity contribution in [2.24, 2.45) is 5.92 Å². The zero-order chi connectivity index (χ0) is 11.1. The fourth-order valence-electron chi connectivity index (χ4n) is 2.45. The molecule has 2 nitrogen and oxygen atoms in total. The third-order valence-electron chi connectivity index (χ3n) is 3.70. The Morgan fingerprint density at radius 3 is 2.73 bits per heavy atom. The monoisotopic (exact) mass is 213 g/mol. The van der Waals surface area contributed by atoms with Gasteiger partial charge in [0.25, 0.3) is 0 Å². The molecule has 0 aromatic rings. The molecule has 0 heterocycles. The number of aliphatic hydroxyl groups excluding tert-OH is 1. The summed E-state index contributed by atoms with van der Waals surface area (Å²) >= 11 is 0. The van der Waals surface area contributed by atoms with Crippen LogP contribution in [0.15, 0.2) is 0 Å². The molecule has 0 saturated heterocycles. The Morgan fingerprint density at radius 1 is 1.33 bits per heavy atom. The summed E-state index contributed by atoms with van der Waals surface area (Å²) in [5.74, 6) is 0.842. The molecule has 0 aromatic carbocycles. The van der Waals surface area contributed by atoms with Gasteiger partial charge in [0.15, 0.2) is 0 Å². The minimum atomic E-state index is -0.0874. The summed E-state index contributed by atoms with van der Waals surface area (Å²) in [4.78, 5) is 0. The molecule has 0 spiro atoms. The molecule has 2 heteroatoms. The van der Waals surface area contributed by atoms with E-state index in [-0.39, 0.29) is 6.10 Å². The second kappa shape index (κ2) is 7.24. The highest BCUT2D eigenvalue weighted by Crippen LogP contribution is 2.23. The molecule has 1 fully saturated rings. The van der Waals surface area contributed by atoms with E-state index >= 15 is 0 Å². The summed E-state index contributed by atoms with van der Waals surface area (Å²) in [5, 5.41) is 13.1. The molecule has 1 rings (SSSR count). The maximum Gasteiger partial charge on any atom is 0.0538 e. The molecule has 0 aromatic heterocycles. The Balaban J connectivity index is 2.03. The Kier molecular flexibility index (Phi) is 6.26. The van der Waals surface area contributed by atoms with Gasteiger partial charge in [-0.25, -0.2) is 0 Å². The Morgan fingerprint density at radius 2 is 2.07 bits per heavy atom. The first-order valence-corrected chi connectivity index (χ1v) is 6.65. The summed E-state index contributed by atoms with van der Waals surface area (Å²) in [6.07, 6.45) is 8.39. The summed E-state index contributed by atoms with van der Waals surface area (Å²) in [6, 6.07) is 0.734. The number of rotatable bonds is 6. The topological polar surface area (TPSA) is 32.3 Å². The molecule has 90 valence electrons. The Bertz CT molecular complexity index is 161. The minimum Gasteiger partial charge on any atom is -0.393 e. The van der Waals surface area contributed by atoms with Crippen LogP contribution in [0.4, 0.5) is 0 Å². The molecule has 0 radical (unpaired) electrons. The van der Waals surface area contributed by atoms with Gasteiger partial charge in [0.1, 0.15) is 0 Å². The maximum atomic E-state index is 9.42. The first-order chi connectivity index (χ1) is 7.24. The Hall–Kier alpha value is -0.0800. The summed E-state index contributed by atoms with van der Waals surface area (Å²) in [5.41, 5.74) is 0. The number of aliphatic hydroxyl groups is 1. The number of hydrogen-bond acceptors (Lipinski definition) is 2. The smallest absolute Gasteiger partial charge is 0.0538 e. The van der Waals surface area contributed by atoms with Crippen molar-refractivity contribution in [3.05, 3.63) is 0 Å². The molecule has 1 saturated carbocycles. The molecule has 1 aliphatic carbocycles. The van der Waals surface area contributed by atoms with Gasteiger partial charge in [-0.2, -0.15) is 0 Å². The van der Waals surface area contributed by atoms with Gasteiger partial charge in [0.2, 0.25) is 0 Å². The van der Waals surface area contributed by atoms with Crippen molar-refractivity contribution < 1.29 is 5.11 Å². The summed E-state index contributed by atoms with van der Waals surface area (Å²) < 4.78 is 0. The van der Waals surface area contributed by atoms with Crippen LogP contribution >= 0.6 is 0 Å². The van der Waals surface area contributed by atoms with Crippen LogP contribution in [0.1, 0.15) is 58.8 Å². The van der Waals surface area contributed by atoms with Crippen LogP contribution < -0.4 is 5.32 Å². The second-order valence-corrected chi connectivity index (χ2v) is 5.03. The molecule has 0 bridgehead atoms. The van der Waals surface area contributed by atoms with Crippen LogP contribution in [0.3, 0.4) is 0 Å². The van der Waals surface area contributed by atoms with Gasteiger partial charge in [0.05, 0.1) is 6.10 Å². The van der Waals surface area contributed by atoms with E-state index in [9.17, 15) is 5.11 Å². The molecule has 0 aliphatic heterocycles. The van der Waals surface area contributed by atoms with Crippen molar-refractivity contribution in [3.63, 3.8) is 0 Å². The lowest BCUT2D eigenvalue weighted by atomic mass is 9.86. The van der Waals surface area contributed by atoms with Crippen LogP contribution in [0.25, 0.3) is 0 Å². The molecule has 1 aliphatic rings. The van der Waals surface area contributed by atoms with Crippen molar-refractivity contribution in [3.8, 4) is 0 Å². The highest BCUT2D eigenvalue weighted by molar-refractivity contribution is 4.77. The van der Waals surface area contributed by atoms with Crippen molar-refractivity contribution in [1.82, 2.24) is 5.32 Å². The van der Waals surface area contributed by atoms with E-state index in [0.717, 1.165) is 37.8 Å². The molecule has 15 heavy (non-hydrogen) atoms. The van der Waals surface area contributed by atoms with Gasteiger partial charge in [-0.1, -0.05) is 26.7 Å². The van der Waals surface area contributed by atoms with Gasteiger partial charge in [-0.3, -0.25) is 0 Å². The molecular weight excluding hydrogens is 186 g/mol. The highest BCUT2D eigenvalue weighted by atomic mass is 16.3. The number of nitrogens with one attached hydrogen (secondary N) is 1. The van der Waals surface area contributed by atoms with E-state index in [0.29, 0.717) is 0 Å².